The Hall–Kier alpha value is -2.16. The van der Waals surface area contributed by atoms with E-state index in [1.54, 1.807) is 6.92 Å². The van der Waals surface area contributed by atoms with Crippen molar-refractivity contribution < 1.29 is 27.8 Å². The zero-order chi connectivity index (χ0) is 13.8. The Morgan fingerprint density at radius 2 is 2.06 bits per heavy atom. The number of halogens is 3. The lowest BCUT2D eigenvalue weighted by Crippen LogP contribution is -2.05. The molecule has 1 aromatic carbocycles. The van der Waals surface area contributed by atoms with Gasteiger partial charge < -0.3 is 9.84 Å². The highest BCUT2D eigenvalue weighted by atomic mass is 19.4. The first-order valence-corrected chi connectivity index (χ1v) is 4.93. The van der Waals surface area contributed by atoms with Crippen LogP contribution in [0.25, 0.3) is 0 Å². The molecular weight excluding hydrogens is 249 g/mol. The van der Waals surface area contributed by atoms with Crippen LogP contribution in [0.1, 0.15) is 18.1 Å². The number of carbonyl (C=O) groups is 1. The van der Waals surface area contributed by atoms with Crippen LogP contribution in [0.15, 0.2) is 18.2 Å². The topological polar surface area (TPSA) is 46.5 Å². The highest BCUT2D eigenvalue weighted by molar-refractivity contribution is 5.89. The molecule has 0 unspecified atom stereocenters. The van der Waals surface area contributed by atoms with E-state index in [1.165, 1.54) is 0 Å². The smallest absolute Gasteiger partial charge is 0.416 e. The molecule has 0 fully saturated rings. The number of hydrogen-bond donors (Lipinski definition) is 1. The van der Waals surface area contributed by atoms with Crippen LogP contribution in [-0.4, -0.2) is 17.7 Å². The van der Waals surface area contributed by atoms with E-state index in [1.807, 2.05) is 5.92 Å². The van der Waals surface area contributed by atoms with E-state index < -0.39 is 23.5 Å². The van der Waals surface area contributed by atoms with E-state index >= 15 is 0 Å². The Morgan fingerprint density at radius 1 is 1.39 bits per heavy atom. The van der Waals surface area contributed by atoms with Gasteiger partial charge in [-0.1, -0.05) is 5.92 Å². The van der Waals surface area contributed by atoms with E-state index in [-0.39, 0.29) is 12.2 Å². The minimum Gasteiger partial charge on any atom is -0.508 e. The van der Waals surface area contributed by atoms with Crippen molar-refractivity contribution in [2.75, 3.05) is 6.61 Å². The predicted octanol–water partition coefficient (Wildman–Crippen LogP) is 2.33. The molecule has 0 bridgehead atoms. The number of alkyl halides is 3. The molecule has 0 aliphatic rings. The average Bonchev–Trinajstić information content (AvgIpc) is 2.25. The van der Waals surface area contributed by atoms with Gasteiger partial charge in [0, 0.05) is 11.5 Å². The van der Waals surface area contributed by atoms with Crippen molar-refractivity contribution in [3.63, 3.8) is 0 Å². The molecule has 1 aromatic rings. The quantitative estimate of drug-likeness (QED) is 0.621. The predicted molar refractivity (Wildman–Crippen MR) is 56.6 cm³/mol. The summed E-state index contributed by atoms with van der Waals surface area (Å²) in [6.07, 6.45) is -4.58. The summed E-state index contributed by atoms with van der Waals surface area (Å²) in [5.74, 6) is 2.80. The zero-order valence-electron chi connectivity index (χ0n) is 9.34. The third kappa shape index (κ3) is 4.01. The van der Waals surface area contributed by atoms with Gasteiger partial charge in [0.2, 0.25) is 0 Å². The number of rotatable bonds is 1. The summed E-state index contributed by atoms with van der Waals surface area (Å²) >= 11 is 0. The normalized spacial score (nSPS) is 10.4. The van der Waals surface area contributed by atoms with Crippen LogP contribution in [-0.2, 0) is 15.7 Å². The van der Waals surface area contributed by atoms with Gasteiger partial charge in [-0.3, -0.25) is 0 Å². The lowest BCUT2D eigenvalue weighted by atomic mass is 10.1. The summed E-state index contributed by atoms with van der Waals surface area (Å²) < 4.78 is 41.7. The van der Waals surface area contributed by atoms with E-state index in [9.17, 15) is 18.0 Å². The SMILES string of the molecule is CCOC(=O)C#Cc1cc(O)cc(C(F)(F)F)c1. The number of benzene rings is 1. The summed E-state index contributed by atoms with van der Waals surface area (Å²) in [7, 11) is 0. The third-order valence-corrected chi connectivity index (χ3v) is 1.83. The first-order valence-electron chi connectivity index (χ1n) is 4.93. The molecule has 0 aromatic heterocycles. The molecular formula is C12H9F3O3. The van der Waals surface area contributed by atoms with Crippen LogP contribution in [0.4, 0.5) is 13.2 Å². The summed E-state index contributed by atoms with van der Waals surface area (Å²) in [5.41, 5.74) is -1.15. The van der Waals surface area contributed by atoms with E-state index in [0.717, 1.165) is 12.1 Å². The lowest BCUT2D eigenvalue weighted by Gasteiger charge is -2.07. The number of aromatic hydroxyl groups is 1. The summed E-state index contributed by atoms with van der Waals surface area (Å²) in [6, 6.07) is 2.35. The first-order chi connectivity index (χ1) is 8.32. The first kappa shape index (κ1) is 13.9. The minimum atomic E-state index is -4.58. The van der Waals surface area contributed by atoms with Gasteiger partial charge in [0.25, 0.3) is 0 Å². The average molecular weight is 258 g/mol. The molecule has 3 nitrogen and oxygen atoms in total. The van der Waals surface area contributed by atoms with Gasteiger partial charge in [-0.25, -0.2) is 4.79 Å². The highest BCUT2D eigenvalue weighted by Gasteiger charge is 2.31. The number of ether oxygens (including phenoxy) is 1. The van der Waals surface area contributed by atoms with Gasteiger partial charge >= 0.3 is 12.1 Å². The van der Waals surface area contributed by atoms with Crippen molar-refractivity contribution in [2.24, 2.45) is 0 Å². The molecule has 0 amide bonds. The Labute approximate surface area is 101 Å². The molecule has 0 aliphatic carbocycles. The minimum absolute atomic E-state index is 0.115. The number of carbonyl (C=O) groups excluding carboxylic acids is 1. The molecule has 0 heterocycles. The van der Waals surface area contributed by atoms with Gasteiger partial charge in [0.15, 0.2) is 0 Å². The molecule has 1 N–H and O–H groups in total. The highest BCUT2D eigenvalue weighted by Crippen LogP contribution is 2.32. The fourth-order valence-electron chi connectivity index (χ4n) is 1.14. The maximum atomic E-state index is 12.4. The second-order valence-electron chi connectivity index (χ2n) is 3.24. The maximum absolute atomic E-state index is 12.4. The Kier molecular flexibility index (Phi) is 4.21. The molecule has 1 rings (SSSR count). The summed E-state index contributed by atoms with van der Waals surface area (Å²) in [5, 5.41) is 9.14. The van der Waals surface area contributed by atoms with Crippen molar-refractivity contribution in [3.05, 3.63) is 29.3 Å². The van der Waals surface area contributed by atoms with Crippen LogP contribution in [0.3, 0.4) is 0 Å². The standard InChI is InChI=1S/C12H9F3O3/c1-2-18-11(17)4-3-8-5-9(12(13,14)15)7-10(16)6-8/h5-7,16H,2H2,1H3. The summed E-state index contributed by atoms with van der Waals surface area (Å²) in [4.78, 5) is 10.9. The second-order valence-corrected chi connectivity index (χ2v) is 3.24. The van der Waals surface area contributed by atoms with Gasteiger partial charge in [0.1, 0.15) is 5.75 Å². The van der Waals surface area contributed by atoms with Gasteiger partial charge in [-0.05, 0) is 25.1 Å². The van der Waals surface area contributed by atoms with Crippen LogP contribution in [0.2, 0.25) is 0 Å². The van der Waals surface area contributed by atoms with Crippen LogP contribution in [0, 0.1) is 11.8 Å². The molecule has 0 atom stereocenters. The molecule has 18 heavy (non-hydrogen) atoms. The Balaban J connectivity index is 3.04. The van der Waals surface area contributed by atoms with Crippen molar-refractivity contribution in [3.8, 4) is 17.6 Å². The molecule has 0 saturated heterocycles. The zero-order valence-corrected chi connectivity index (χ0v) is 9.34. The molecule has 6 heteroatoms. The maximum Gasteiger partial charge on any atom is 0.416 e. The number of phenolic OH excluding ortho intramolecular Hbond substituents is 1. The molecule has 96 valence electrons. The van der Waals surface area contributed by atoms with Crippen molar-refractivity contribution >= 4 is 5.97 Å². The van der Waals surface area contributed by atoms with Crippen molar-refractivity contribution in [1.82, 2.24) is 0 Å². The van der Waals surface area contributed by atoms with Crippen LogP contribution in [0.5, 0.6) is 5.75 Å². The van der Waals surface area contributed by atoms with Crippen LogP contribution < -0.4 is 0 Å². The molecule has 0 spiro atoms. The third-order valence-electron chi connectivity index (χ3n) is 1.83. The molecule has 0 saturated carbocycles. The van der Waals surface area contributed by atoms with Gasteiger partial charge in [0.05, 0.1) is 12.2 Å². The lowest BCUT2D eigenvalue weighted by molar-refractivity contribution is -0.138. The van der Waals surface area contributed by atoms with Crippen molar-refractivity contribution in [1.29, 1.82) is 0 Å². The van der Waals surface area contributed by atoms with Crippen LogP contribution >= 0.6 is 0 Å². The molecule has 0 radical (unpaired) electrons. The van der Waals surface area contributed by atoms with E-state index in [0.29, 0.717) is 6.07 Å². The Morgan fingerprint density at radius 3 is 2.61 bits per heavy atom. The van der Waals surface area contributed by atoms with Crippen molar-refractivity contribution in [2.45, 2.75) is 13.1 Å². The van der Waals surface area contributed by atoms with E-state index in [4.69, 9.17) is 5.11 Å². The largest absolute Gasteiger partial charge is 0.508 e. The number of esters is 1. The Bertz CT molecular complexity index is 510. The van der Waals surface area contributed by atoms with E-state index in [2.05, 4.69) is 10.7 Å². The fraction of sp³-hybridized carbons (Fsp3) is 0.250. The second kappa shape index (κ2) is 5.45. The molecule has 0 aliphatic heterocycles. The number of phenols is 1. The number of hydrogen-bond acceptors (Lipinski definition) is 3. The van der Waals surface area contributed by atoms with Gasteiger partial charge in [-0.2, -0.15) is 13.2 Å². The monoisotopic (exact) mass is 258 g/mol. The fourth-order valence-corrected chi connectivity index (χ4v) is 1.14. The summed E-state index contributed by atoms with van der Waals surface area (Å²) in [6.45, 7) is 1.71. The van der Waals surface area contributed by atoms with Gasteiger partial charge in [-0.15, -0.1) is 0 Å².